The van der Waals surface area contributed by atoms with Crippen LogP contribution in [0.15, 0.2) is 34.7 Å². The molecular formula is C21H24N4O. The number of nitrogens with two attached hydrogens (primary N) is 1. The number of nitrogens with one attached hydrogen (secondary N) is 2. The number of hydrogen-bond donors (Lipinski definition) is 3. The molecule has 5 nitrogen and oxygen atoms in total. The third-order valence-electron chi connectivity index (χ3n) is 5.23. The summed E-state index contributed by atoms with van der Waals surface area (Å²) in [5, 5.41) is 11.0. The first-order chi connectivity index (χ1) is 12.6. The van der Waals surface area contributed by atoms with E-state index >= 15 is 0 Å². The minimum atomic E-state index is 0.464. The number of benzene rings is 2. The van der Waals surface area contributed by atoms with Crippen molar-refractivity contribution in [3.63, 3.8) is 0 Å². The summed E-state index contributed by atoms with van der Waals surface area (Å²) < 4.78 is 5.87. The maximum absolute atomic E-state index is 7.56. The van der Waals surface area contributed by atoms with Crippen LogP contribution in [0.2, 0.25) is 0 Å². The summed E-state index contributed by atoms with van der Waals surface area (Å²) >= 11 is 0. The standard InChI is InChI=1S/C21H24N4O/c1-13-9-15(10-16(12-22)20(13)23)14-7-8-19-18(11-14)25-21(26-19)24-17-5-3-2-4-6-17/h7-12,17,22H,2-6,23H2,1H3,(H,24,25). The van der Waals surface area contributed by atoms with E-state index in [4.69, 9.17) is 15.6 Å². The minimum absolute atomic E-state index is 0.464. The van der Waals surface area contributed by atoms with Gasteiger partial charge in [-0.15, -0.1) is 0 Å². The van der Waals surface area contributed by atoms with Crippen LogP contribution < -0.4 is 11.1 Å². The van der Waals surface area contributed by atoms with E-state index in [9.17, 15) is 0 Å². The van der Waals surface area contributed by atoms with Crippen LogP contribution in [0.5, 0.6) is 0 Å². The molecular weight excluding hydrogens is 324 g/mol. The number of oxazole rings is 1. The SMILES string of the molecule is Cc1cc(-c2ccc3oc(NC4CCCCC4)nc3c2)cc(C=N)c1N. The van der Waals surface area contributed by atoms with E-state index in [0.29, 0.717) is 17.7 Å². The third-order valence-corrected chi connectivity index (χ3v) is 5.23. The van der Waals surface area contributed by atoms with Crippen LogP contribution in [0.1, 0.15) is 43.2 Å². The molecule has 0 radical (unpaired) electrons. The molecule has 26 heavy (non-hydrogen) atoms. The molecule has 3 aromatic rings. The van der Waals surface area contributed by atoms with Gasteiger partial charge in [-0.25, -0.2) is 0 Å². The van der Waals surface area contributed by atoms with Crippen LogP contribution >= 0.6 is 0 Å². The lowest BCUT2D eigenvalue weighted by molar-refractivity contribution is 0.451. The summed E-state index contributed by atoms with van der Waals surface area (Å²) in [7, 11) is 0. The molecule has 0 aliphatic heterocycles. The van der Waals surface area contributed by atoms with Crippen molar-refractivity contribution in [3.05, 3.63) is 41.5 Å². The van der Waals surface area contributed by atoms with Gasteiger partial charge >= 0.3 is 0 Å². The van der Waals surface area contributed by atoms with Gasteiger partial charge in [-0.2, -0.15) is 4.98 Å². The average Bonchev–Trinajstić information content (AvgIpc) is 3.06. The fourth-order valence-corrected chi connectivity index (χ4v) is 3.70. The first-order valence-electron chi connectivity index (χ1n) is 9.22. The Morgan fingerprint density at radius 1 is 1.15 bits per heavy atom. The molecule has 0 spiro atoms. The summed E-state index contributed by atoms with van der Waals surface area (Å²) in [5.41, 5.74) is 12.1. The highest BCUT2D eigenvalue weighted by atomic mass is 16.4. The Morgan fingerprint density at radius 3 is 2.73 bits per heavy atom. The summed E-state index contributed by atoms with van der Waals surface area (Å²) in [6.07, 6.45) is 7.53. The Kier molecular flexibility index (Phi) is 4.37. The van der Waals surface area contributed by atoms with Crippen molar-refractivity contribution in [2.24, 2.45) is 0 Å². The van der Waals surface area contributed by atoms with Gasteiger partial charge in [-0.1, -0.05) is 25.3 Å². The Labute approximate surface area is 153 Å². The van der Waals surface area contributed by atoms with Gasteiger partial charge in [0.05, 0.1) is 0 Å². The third kappa shape index (κ3) is 3.17. The molecule has 2 aromatic carbocycles. The lowest BCUT2D eigenvalue weighted by Gasteiger charge is -2.21. The molecule has 134 valence electrons. The fraction of sp³-hybridized carbons (Fsp3) is 0.333. The second-order valence-corrected chi connectivity index (χ2v) is 7.12. The van der Waals surface area contributed by atoms with E-state index in [2.05, 4.69) is 10.3 Å². The van der Waals surface area contributed by atoms with E-state index in [1.807, 2.05) is 37.3 Å². The zero-order valence-electron chi connectivity index (χ0n) is 15.0. The topological polar surface area (TPSA) is 87.9 Å². The molecule has 1 aliphatic rings. The Morgan fingerprint density at radius 2 is 1.96 bits per heavy atom. The molecule has 0 unspecified atom stereocenters. The Bertz CT molecular complexity index is 954. The van der Waals surface area contributed by atoms with Crippen LogP contribution in [-0.2, 0) is 0 Å². The summed E-state index contributed by atoms with van der Waals surface area (Å²) in [6.45, 7) is 1.96. The van der Waals surface area contributed by atoms with Gasteiger partial charge in [0.1, 0.15) is 5.52 Å². The van der Waals surface area contributed by atoms with Gasteiger partial charge in [0.15, 0.2) is 5.58 Å². The number of aromatic nitrogens is 1. The van der Waals surface area contributed by atoms with E-state index in [-0.39, 0.29) is 0 Å². The number of rotatable bonds is 4. The van der Waals surface area contributed by atoms with Crippen molar-refractivity contribution in [2.45, 2.75) is 45.1 Å². The van der Waals surface area contributed by atoms with Gasteiger partial charge in [-0.05, 0) is 60.7 Å². The highest BCUT2D eigenvalue weighted by Gasteiger charge is 2.16. The summed E-state index contributed by atoms with van der Waals surface area (Å²) in [5.74, 6) is 0. The van der Waals surface area contributed by atoms with Crippen LogP contribution in [-0.4, -0.2) is 17.2 Å². The predicted octanol–water partition coefficient (Wildman–Crippen LogP) is 5.13. The van der Waals surface area contributed by atoms with Crippen LogP contribution in [0, 0.1) is 12.3 Å². The fourth-order valence-electron chi connectivity index (χ4n) is 3.70. The Balaban J connectivity index is 1.65. The van der Waals surface area contributed by atoms with Gasteiger partial charge in [0, 0.05) is 23.5 Å². The van der Waals surface area contributed by atoms with Gasteiger partial charge in [0.25, 0.3) is 6.01 Å². The van der Waals surface area contributed by atoms with Crippen molar-refractivity contribution < 1.29 is 4.42 Å². The van der Waals surface area contributed by atoms with Crippen molar-refractivity contribution in [1.82, 2.24) is 4.98 Å². The lowest BCUT2D eigenvalue weighted by Crippen LogP contribution is -2.22. The monoisotopic (exact) mass is 348 g/mol. The molecule has 1 saturated carbocycles. The summed E-state index contributed by atoms with van der Waals surface area (Å²) in [6, 6.07) is 11.1. The molecule has 1 fully saturated rings. The molecule has 4 rings (SSSR count). The average molecular weight is 348 g/mol. The van der Waals surface area contributed by atoms with Crippen LogP contribution in [0.3, 0.4) is 0 Å². The first kappa shape index (κ1) is 16.6. The molecule has 0 atom stereocenters. The van der Waals surface area contributed by atoms with E-state index in [0.717, 1.165) is 33.4 Å². The number of anilines is 2. The molecule has 1 aliphatic carbocycles. The Hall–Kier alpha value is -2.82. The molecule has 5 heteroatoms. The molecule has 0 amide bonds. The number of aryl methyl sites for hydroxylation is 1. The zero-order valence-corrected chi connectivity index (χ0v) is 15.0. The van der Waals surface area contributed by atoms with E-state index < -0.39 is 0 Å². The van der Waals surface area contributed by atoms with Crippen molar-refractivity contribution in [3.8, 4) is 11.1 Å². The number of fused-ring (bicyclic) bond motifs is 1. The normalized spacial score (nSPS) is 15.3. The maximum atomic E-state index is 7.56. The second kappa shape index (κ2) is 6.83. The number of nitrogen functional groups attached to an aromatic ring is 1. The highest BCUT2D eigenvalue weighted by molar-refractivity contribution is 5.90. The van der Waals surface area contributed by atoms with Crippen LogP contribution in [0.4, 0.5) is 11.7 Å². The van der Waals surface area contributed by atoms with E-state index in [1.54, 1.807) is 0 Å². The lowest BCUT2D eigenvalue weighted by atomic mass is 9.96. The van der Waals surface area contributed by atoms with Crippen molar-refractivity contribution in [2.75, 3.05) is 11.1 Å². The largest absolute Gasteiger partial charge is 0.424 e. The number of nitrogens with zero attached hydrogens (tertiary/aromatic N) is 1. The predicted molar refractivity (Wildman–Crippen MR) is 107 cm³/mol. The van der Waals surface area contributed by atoms with Gasteiger partial charge in [-0.3, -0.25) is 0 Å². The molecule has 0 saturated heterocycles. The van der Waals surface area contributed by atoms with Crippen LogP contribution in [0.25, 0.3) is 22.2 Å². The summed E-state index contributed by atoms with van der Waals surface area (Å²) in [4.78, 5) is 4.63. The number of hydrogen-bond acceptors (Lipinski definition) is 5. The van der Waals surface area contributed by atoms with Gasteiger partial charge in [0.2, 0.25) is 0 Å². The smallest absolute Gasteiger partial charge is 0.295 e. The molecule has 1 aromatic heterocycles. The quantitative estimate of drug-likeness (QED) is 0.450. The van der Waals surface area contributed by atoms with Crippen molar-refractivity contribution >= 4 is 29.0 Å². The van der Waals surface area contributed by atoms with Crippen molar-refractivity contribution in [1.29, 1.82) is 5.41 Å². The molecule has 0 bridgehead atoms. The molecule has 4 N–H and O–H groups in total. The maximum Gasteiger partial charge on any atom is 0.295 e. The zero-order chi connectivity index (χ0) is 18.1. The first-order valence-corrected chi connectivity index (χ1v) is 9.22. The second-order valence-electron chi connectivity index (χ2n) is 7.12. The molecule has 1 heterocycles. The van der Waals surface area contributed by atoms with E-state index in [1.165, 1.54) is 38.3 Å². The minimum Gasteiger partial charge on any atom is -0.424 e. The van der Waals surface area contributed by atoms with Gasteiger partial charge < -0.3 is 20.9 Å². The highest BCUT2D eigenvalue weighted by Crippen LogP contribution is 2.30.